The van der Waals surface area contributed by atoms with E-state index in [0.29, 0.717) is 15.5 Å². The number of hydrogen-bond donors (Lipinski definition) is 2. The average molecular weight is 360 g/mol. The number of carbonyl (C=O) groups is 1. The van der Waals surface area contributed by atoms with Crippen molar-refractivity contribution in [3.05, 3.63) is 42.6 Å². The molecule has 1 unspecified atom stereocenters. The number of aliphatic carboxylic acids is 1. The molecule has 1 aromatic heterocycles. The Bertz CT molecular complexity index is 747. The Morgan fingerprint density at radius 3 is 2.72 bits per heavy atom. The molecule has 0 saturated heterocycles. The van der Waals surface area contributed by atoms with Crippen LogP contribution in [-0.4, -0.2) is 20.6 Å². The minimum atomic E-state index is -1.23. The van der Waals surface area contributed by atoms with Crippen LogP contribution in [0.2, 0.25) is 0 Å². The first-order chi connectivity index (χ1) is 8.41. The van der Waals surface area contributed by atoms with Crippen LogP contribution in [0.4, 0.5) is 0 Å². The molecule has 6 nitrogen and oxygen atoms in total. The van der Waals surface area contributed by atoms with Crippen molar-refractivity contribution in [3.63, 3.8) is 0 Å². The number of rotatable bonds is 2. The van der Waals surface area contributed by atoms with Gasteiger partial charge in [-0.1, -0.05) is 0 Å². The first-order valence-corrected chi connectivity index (χ1v) is 6.16. The van der Waals surface area contributed by atoms with Crippen LogP contribution < -0.4 is 11.2 Å². The molecule has 2 N–H and O–H groups in total. The molecule has 94 valence electrons. The van der Waals surface area contributed by atoms with Crippen LogP contribution >= 0.6 is 22.6 Å². The number of hydrogen-bond acceptors (Lipinski definition) is 3. The zero-order valence-electron chi connectivity index (χ0n) is 9.31. The number of benzene rings is 1. The van der Waals surface area contributed by atoms with Gasteiger partial charge < -0.3 is 10.1 Å². The number of carboxylic acids is 1. The Balaban J connectivity index is 2.88. The van der Waals surface area contributed by atoms with Gasteiger partial charge in [-0.05, 0) is 47.7 Å². The maximum absolute atomic E-state index is 12.1. The molecular weight excluding hydrogens is 351 g/mol. The predicted octanol–water partition coefficient (Wildman–Crippen LogP) is 0.940. The van der Waals surface area contributed by atoms with E-state index in [9.17, 15) is 14.4 Å². The van der Waals surface area contributed by atoms with E-state index >= 15 is 0 Å². The third-order valence-electron chi connectivity index (χ3n) is 2.64. The fourth-order valence-electron chi connectivity index (χ4n) is 1.66. The SMILES string of the molecule is CC(C(=O)O)n1c(=O)[nH]c2ccc(I)cc2c1=O. The normalized spacial score (nSPS) is 12.6. The van der Waals surface area contributed by atoms with Crippen LogP contribution in [0.1, 0.15) is 13.0 Å². The second-order valence-corrected chi connectivity index (χ2v) is 5.06. The lowest BCUT2D eigenvalue weighted by Gasteiger charge is -2.10. The number of fused-ring (bicyclic) bond motifs is 1. The van der Waals surface area contributed by atoms with E-state index in [1.54, 1.807) is 18.2 Å². The summed E-state index contributed by atoms with van der Waals surface area (Å²) in [5, 5.41) is 9.20. The fourth-order valence-corrected chi connectivity index (χ4v) is 2.15. The van der Waals surface area contributed by atoms with Crippen molar-refractivity contribution in [3.8, 4) is 0 Å². The average Bonchev–Trinajstić information content (AvgIpc) is 2.30. The van der Waals surface area contributed by atoms with E-state index in [4.69, 9.17) is 5.11 Å². The predicted molar refractivity (Wildman–Crippen MR) is 73.9 cm³/mol. The molecule has 0 amide bonds. The highest BCUT2D eigenvalue weighted by molar-refractivity contribution is 14.1. The summed E-state index contributed by atoms with van der Waals surface area (Å²) in [6, 6.07) is 3.78. The quantitative estimate of drug-likeness (QED) is 0.780. The zero-order valence-corrected chi connectivity index (χ0v) is 11.5. The number of carboxylic acid groups (broad SMARTS) is 1. The first kappa shape index (κ1) is 12.8. The van der Waals surface area contributed by atoms with Crippen LogP contribution in [0.3, 0.4) is 0 Å². The molecule has 7 heteroatoms. The monoisotopic (exact) mass is 360 g/mol. The lowest BCUT2D eigenvalue weighted by Crippen LogP contribution is -2.39. The van der Waals surface area contributed by atoms with Crippen LogP contribution in [0.15, 0.2) is 27.8 Å². The van der Waals surface area contributed by atoms with Gasteiger partial charge in [0.05, 0.1) is 10.9 Å². The molecule has 2 rings (SSSR count). The molecule has 0 radical (unpaired) electrons. The molecule has 1 atom stereocenters. The minimum Gasteiger partial charge on any atom is -0.480 e. The molecule has 1 heterocycles. The number of aromatic amines is 1. The van der Waals surface area contributed by atoms with Gasteiger partial charge in [0.2, 0.25) is 0 Å². The minimum absolute atomic E-state index is 0.301. The van der Waals surface area contributed by atoms with Crippen LogP contribution in [-0.2, 0) is 4.79 Å². The Morgan fingerprint density at radius 1 is 1.44 bits per heavy atom. The van der Waals surface area contributed by atoms with Crippen molar-refractivity contribution in [1.82, 2.24) is 9.55 Å². The smallest absolute Gasteiger partial charge is 0.329 e. The van der Waals surface area contributed by atoms with E-state index in [1.165, 1.54) is 6.92 Å². The number of nitrogens with zero attached hydrogens (tertiary/aromatic N) is 1. The van der Waals surface area contributed by atoms with Crippen molar-refractivity contribution < 1.29 is 9.90 Å². The molecule has 0 aliphatic carbocycles. The lowest BCUT2D eigenvalue weighted by atomic mass is 10.2. The highest BCUT2D eigenvalue weighted by Gasteiger charge is 2.19. The van der Waals surface area contributed by atoms with Crippen molar-refractivity contribution in [2.45, 2.75) is 13.0 Å². The largest absolute Gasteiger partial charge is 0.480 e. The lowest BCUT2D eigenvalue weighted by molar-refractivity contribution is -0.140. The molecule has 0 saturated carbocycles. The molecule has 0 spiro atoms. The third kappa shape index (κ3) is 2.05. The second kappa shape index (κ2) is 4.56. The molecule has 0 fully saturated rings. The molecule has 0 aliphatic rings. The van der Waals surface area contributed by atoms with Gasteiger partial charge in [0.1, 0.15) is 6.04 Å². The summed E-state index contributed by atoms with van der Waals surface area (Å²) < 4.78 is 1.54. The summed E-state index contributed by atoms with van der Waals surface area (Å²) in [6.45, 7) is 1.29. The summed E-state index contributed by atoms with van der Waals surface area (Å²) in [6.07, 6.45) is 0. The number of H-pyrrole nitrogens is 1. The van der Waals surface area contributed by atoms with Gasteiger partial charge >= 0.3 is 11.7 Å². The van der Waals surface area contributed by atoms with Gasteiger partial charge in [0.25, 0.3) is 5.56 Å². The summed E-state index contributed by atoms with van der Waals surface area (Å²) in [7, 11) is 0. The Hall–Kier alpha value is -1.64. The maximum atomic E-state index is 12.1. The van der Waals surface area contributed by atoms with Gasteiger partial charge in [-0.25, -0.2) is 14.2 Å². The topological polar surface area (TPSA) is 92.2 Å². The van der Waals surface area contributed by atoms with E-state index < -0.39 is 23.3 Å². The zero-order chi connectivity index (χ0) is 13.4. The Morgan fingerprint density at radius 2 is 2.11 bits per heavy atom. The highest BCUT2D eigenvalue weighted by Crippen LogP contribution is 2.11. The van der Waals surface area contributed by atoms with Crippen LogP contribution in [0.25, 0.3) is 10.9 Å². The van der Waals surface area contributed by atoms with Gasteiger partial charge in [-0.3, -0.25) is 4.79 Å². The Labute approximate surface area is 114 Å². The summed E-state index contributed by atoms with van der Waals surface area (Å²) in [5.74, 6) is -1.23. The first-order valence-electron chi connectivity index (χ1n) is 5.08. The molecule has 0 bridgehead atoms. The van der Waals surface area contributed by atoms with E-state index in [0.717, 1.165) is 3.57 Å². The summed E-state index contributed by atoms with van der Waals surface area (Å²) in [5.41, 5.74) is -0.912. The van der Waals surface area contributed by atoms with Crippen molar-refractivity contribution in [2.75, 3.05) is 0 Å². The number of nitrogens with one attached hydrogen (secondary N) is 1. The molecule has 0 aliphatic heterocycles. The van der Waals surface area contributed by atoms with Crippen LogP contribution in [0.5, 0.6) is 0 Å². The highest BCUT2D eigenvalue weighted by atomic mass is 127. The van der Waals surface area contributed by atoms with E-state index in [1.807, 2.05) is 22.6 Å². The third-order valence-corrected chi connectivity index (χ3v) is 3.31. The second-order valence-electron chi connectivity index (χ2n) is 3.81. The Kier molecular flexibility index (Phi) is 3.24. The van der Waals surface area contributed by atoms with Gasteiger partial charge in [0, 0.05) is 3.57 Å². The molecule has 18 heavy (non-hydrogen) atoms. The maximum Gasteiger partial charge on any atom is 0.329 e. The number of halogens is 1. The van der Waals surface area contributed by atoms with Crippen LogP contribution in [0, 0.1) is 3.57 Å². The van der Waals surface area contributed by atoms with Gasteiger partial charge in [-0.2, -0.15) is 0 Å². The molecule has 2 aromatic rings. The molecular formula is C11H9IN2O4. The number of aromatic nitrogens is 2. The van der Waals surface area contributed by atoms with Crippen molar-refractivity contribution in [2.24, 2.45) is 0 Å². The van der Waals surface area contributed by atoms with Gasteiger partial charge in [-0.15, -0.1) is 0 Å². The summed E-state index contributed by atoms with van der Waals surface area (Å²) >= 11 is 2.04. The standard InChI is InChI=1S/C11H9IN2O4/c1-5(10(16)17)14-9(15)7-4-6(12)2-3-8(7)13-11(14)18/h2-5H,1H3,(H,13,18)(H,16,17). The fraction of sp³-hybridized carbons (Fsp3) is 0.182. The summed E-state index contributed by atoms with van der Waals surface area (Å²) in [4.78, 5) is 37.2. The van der Waals surface area contributed by atoms with Crippen molar-refractivity contribution in [1.29, 1.82) is 0 Å². The van der Waals surface area contributed by atoms with E-state index in [2.05, 4.69) is 4.98 Å². The molecule has 1 aromatic carbocycles. The van der Waals surface area contributed by atoms with Crippen molar-refractivity contribution >= 4 is 39.5 Å². The van der Waals surface area contributed by atoms with Gasteiger partial charge in [0.15, 0.2) is 0 Å². The van der Waals surface area contributed by atoms with E-state index in [-0.39, 0.29) is 0 Å².